The molecule has 1 atom stereocenters. The molecule has 2 aliphatic rings. The van der Waals surface area contributed by atoms with E-state index in [2.05, 4.69) is 121 Å². The molecule has 0 aliphatic heterocycles. The van der Waals surface area contributed by atoms with Crippen molar-refractivity contribution in [1.82, 2.24) is 9.97 Å². The zero-order chi connectivity index (χ0) is 33.3. The molecular weight excluding hydrogens is 641 g/mol. The second-order valence-electron chi connectivity index (χ2n) is 13.6. The van der Waals surface area contributed by atoms with E-state index in [0.29, 0.717) is 0 Å². The number of thiophene rings is 1. The minimum Gasteiger partial charge on any atom is -0.453 e. The van der Waals surface area contributed by atoms with Crippen molar-refractivity contribution in [3.05, 3.63) is 180 Å². The standard InChI is InChI=1S/C47H26N2OS/c1-2-10-27(11-3-1)38-22-24-40-44(48-38)45-41(50-40)25-23-39(49-45)28-18-19-30-29-12-4-7-15-34(29)47(37(30)26-28)35-16-8-5-14-33(35)43-36(47)21-20-32-31-13-6-9-17-42(31)51-46(32)43/h1-26H. The average molecular weight is 667 g/mol. The number of nitrogens with zero attached hydrogens (tertiary/aromatic N) is 2. The van der Waals surface area contributed by atoms with Gasteiger partial charge in [0.05, 0.1) is 16.8 Å². The van der Waals surface area contributed by atoms with Crippen LogP contribution in [-0.4, -0.2) is 9.97 Å². The van der Waals surface area contributed by atoms with Gasteiger partial charge in [0.25, 0.3) is 0 Å². The molecule has 0 bridgehead atoms. The quantitative estimate of drug-likeness (QED) is 0.184. The van der Waals surface area contributed by atoms with Gasteiger partial charge in [-0.15, -0.1) is 11.3 Å². The maximum atomic E-state index is 6.24. The number of hydrogen-bond donors (Lipinski definition) is 0. The number of rotatable bonds is 2. The molecule has 1 spiro atoms. The number of benzene rings is 6. The monoisotopic (exact) mass is 666 g/mol. The number of aromatic nitrogens is 2. The summed E-state index contributed by atoms with van der Waals surface area (Å²) in [7, 11) is 0. The van der Waals surface area contributed by atoms with E-state index in [1.54, 1.807) is 0 Å². The Morgan fingerprint density at radius 3 is 1.90 bits per heavy atom. The highest BCUT2D eigenvalue weighted by atomic mass is 32.1. The zero-order valence-electron chi connectivity index (χ0n) is 27.2. The Balaban J connectivity index is 1.11. The molecular formula is C47H26N2OS. The van der Waals surface area contributed by atoms with Gasteiger partial charge in [-0.25, -0.2) is 9.97 Å². The molecule has 236 valence electrons. The molecule has 1 unspecified atom stereocenters. The molecule has 2 aliphatic carbocycles. The predicted molar refractivity (Wildman–Crippen MR) is 209 cm³/mol. The minimum absolute atomic E-state index is 0.448. The van der Waals surface area contributed by atoms with Crippen LogP contribution >= 0.6 is 11.3 Å². The van der Waals surface area contributed by atoms with Crippen molar-refractivity contribution in [2.45, 2.75) is 5.41 Å². The first-order valence-electron chi connectivity index (χ1n) is 17.3. The molecule has 4 heteroatoms. The molecule has 4 heterocycles. The summed E-state index contributed by atoms with van der Waals surface area (Å²) in [4.78, 5) is 10.3. The van der Waals surface area contributed by atoms with Crippen molar-refractivity contribution in [3.8, 4) is 44.8 Å². The average Bonchev–Trinajstić information content (AvgIpc) is 3.92. The number of pyridine rings is 2. The summed E-state index contributed by atoms with van der Waals surface area (Å²) >= 11 is 1.91. The van der Waals surface area contributed by atoms with E-state index >= 15 is 0 Å². The van der Waals surface area contributed by atoms with E-state index in [-0.39, 0.29) is 0 Å². The SMILES string of the molecule is c1ccc(-c2ccc3oc4ccc(-c5ccc6c(c5)C5(c7ccccc7-6)c6ccccc6-c6c5ccc5c6sc6ccccc65)nc4c3n2)cc1. The van der Waals surface area contributed by atoms with E-state index in [0.717, 1.165) is 44.7 Å². The van der Waals surface area contributed by atoms with Gasteiger partial charge < -0.3 is 4.42 Å². The second-order valence-corrected chi connectivity index (χ2v) is 14.7. The smallest absolute Gasteiger partial charge is 0.155 e. The van der Waals surface area contributed by atoms with E-state index in [1.165, 1.54) is 64.7 Å². The van der Waals surface area contributed by atoms with Gasteiger partial charge in [0.1, 0.15) is 11.0 Å². The Morgan fingerprint density at radius 2 is 1.10 bits per heavy atom. The number of furan rings is 1. The molecule has 12 rings (SSSR count). The summed E-state index contributed by atoms with van der Waals surface area (Å²) in [6.45, 7) is 0. The van der Waals surface area contributed by atoms with E-state index in [1.807, 2.05) is 47.7 Å². The number of fused-ring (bicyclic) bond motifs is 17. The van der Waals surface area contributed by atoms with Crippen LogP contribution in [0.1, 0.15) is 22.3 Å². The van der Waals surface area contributed by atoms with Crippen molar-refractivity contribution in [2.24, 2.45) is 0 Å². The summed E-state index contributed by atoms with van der Waals surface area (Å²) in [5.74, 6) is 0. The van der Waals surface area contributed by atoms with Crippen LogP contribution in [-0.2, 0) is 5.41 Å². The van der Waals surface area contributed by atoms with E-state index in [9.17, 15) is 0 Å². The Hall–Kier alpha value is -6.36. The summed E-state index contributed by atoms with van der Waals surface area (Å²) in [5, 5.41) is 2.65. The van der Waals surface area contributed by atoms with Gasteiger partial charge >= 0.3 is 0 Å². The first-order chi connectivity index (χ1) is 25.3. The van der Waals surface area contributed by atoms with Gasteiger partial charge in [0.2, 0.25) is 0 Å². The van der Waals surface area contributed by atoms with Gasteiger partial charge in [-0.2, -0.15) is 0 Å². The third-order valence-corrected chi connectivity index (χ3v) is 12.3. The lowest BCUT2D eigenvalue weighted by molar-refractivity contribution is 0.667. The van der Waals surface area contributed by atoms with Crippen molar-refractivity contribution < 1.29 is 4.42 Å². The van der Waals surface area contributed by atoms with E-state index < -0.39 is 5.41 Å². The third-order valence-electron chi connectivity index (χ3n) is 11.1. The van der Waals surface area contributed by atoms with Crippen LogP contribution in [0.15, 0.2) is 162 Å². The van der Waals surface area contributed by atoms with Gasteiger partial charge in [-0.05, 0) is 75.3 Å². The summed E-state index contributed by atoms with van der Waals surface area (Å²) in [6, 6.07) is 57.0. The van der Waals surface area contributed by atoms with Crippen LogP contribution in [0.5, 0.6) is 0 Å². The fourth-order valence-corrected chi connectivity index (χ4v) is 10.3. The van der Waals surface area contributed by atoms with Gasteiger partial charge in [0.15, 0.2) is 11.2 Å². The largest absolute Gasteiger partial charge is 0.453 e. The van der Waals surface area contributed by atoms with Crippen molar-refractivity contribution >= 4 is 53.7 Å². The van der Waals surface area contributed by atoms with Gasteiger partial charge in [-0.1, -0.05) is 121 Å². The van der Waals surface area contributed by atoms with Crippen LogP contribution < -0.4 is 0 Å². The molecule has 0 saturated carbocycles. The van der Waals surface area contributed by atoms with Gasteiger partial charge in [0, 0.05) is 36.9 Å². The lowest BCUT2D eigenvalue weighted by atomic mass is 9.70. The molecule has 0 amide bonds. The lowest BCUT2D eigenvalue weighted by Gasteiger charge is -2.30. The Bertz CT molecular complexity index is 3100. The van der Waals surface area contributed by atoms with Crippen LogP contribution in [0.25, 0.3) is 87.1 Å². The first kappa shape index (κ1) is 27.5. The molecule has 0 fully saturated rings. The molecule has 10 aromatic rings. The van der Waals surface area contributed by atoms with Crippen molar-refractivity contribution in [1.29, 1.82) is 0 Å². The Labute approximate surface area is 297 Å². The molecule has 0 radical (unpaired) electrons. The predicted octanol–water partition coefficient (Wildman–Crippen LogP) is 12.4. The molecule has 4 aromatic heterocycles. The summed E-state index contributed by atoms with van der Waals surface area (Å²) < 4.78 is 8.93. The number of hydrogen-bond acceptors (Lipinski definition) is 4. The zero-order valence-corrected chi connectivity index (χ0v) is 28.0. The van der Waals surface area contributed by atoms with Crippen LogP contribution in [0.2, 0.25) is 0 Å². The maximum Gasteiger partial charge on any atom is 0.155 e. The Morgan fingerprint density at radius 1 is 0.451 bits per heavy atom. The molecule has 0 N–H and O–H groups in total. The fourth-order valence-electron chi connectivity index (χ4n) is 9.01. The molecule has 3 nitrogen and oxygen atoms in total. The second kappa shape index (κ2) is 9.87. The molecule has 51 heavy (non-hydrogen) atoms. The highest BCUT2D eigenvalue weighted by molar-refractivity contribution is 7.26. The van der Waals surface area contributed by atoms with Crippen molar-refractivity contribution in [3.63, 3.8) is 0 Å². The first-order valence-corrected chi connectivity index (χ1v) is 18.1. The summed E-state index contributed by atoms with van der Waals surface area (Å²) in [6.07, 6.45) is 0. The lowest BCUT2D eigenvalue weighted by Crippen LogP contribution is -2.25. The van der Waals surface area contributed by atoms with E-state index in [4.69, 9.17) is 14.4 Å². The Kier molecular flexibility index (Phi) is 5.32. The third kappa shape index (κ3) is 3.52. The normalized spacial score (nSPS) is 15.5. The van der Waals surface area contributed by atoms with Crippen LogP contribution in [0, 0.1) is 0 Å². The van der Waals surface area contributed by atoms with Crippen molar-refractivity contribution in [2.75, 3.05) is 0 Å². The fraction of sp³-hybridized carbons (Fsp3) is 0.0213. The summed E-state index contributed by atoms with van der Waals surface area (Å²) in [5.41, 5.74) is 17.1. The topological polar surface area (TPSA) is 38.9 Å². The highest BCUT2D eigenvalue weighted by Crippen LogP contribution is 2.64. The molecule has 6 aromatic carbocycles. The minimum atomic E-state index is -0.448. The van der Waals surface area contributed by atoms with Crippen LogP contribution in [0.3, 0.4) is 0 Å². The maximum absolute atomic E-state index is 6.24. The van der Waals surface area contributed by atoms with Crippen LogP contribution in [0.4, 0.5) is 0 Å². The molecule has 0 saturated heterocycles. The van der Waals surface area contributed by atoms with Gasteiger partial charge in [-0.3, -0.25) is 0 Å². The highest BCUT2D eigenvalue weighted by Gasteiger charge is 2.52.